The van der Waals surface area contributed by atoms with Gasteiger partial charge in [-0.05, 0) is 42.9 Å². The van der Waals surface area contributed by atoms with Crippen molar-refractivity contribution in [1.29, 1.82) is 0 Å². The Morgan fingerprint density at radius 2 is 2.05 bits per heavy atom. The molecule has 5 heteroatoms. The van der Waals surface area contributed by atoms with E-state index >= 15 is 0 Å². The molecule has 2 rings (SSSR count). The highest BCUT2D eigenvalue weighted by molar-refractivity contribution is 5.80. The van der Waals surface area contributed by atoms with Crippen molar-refractivity contribution in [2.24, 2.45) is 17.6 Å². The molecule has 0 saturated heterocycles. The molecule has 0 spiro atoms. The van der Waals surface area contributed by atoms with Crippen molar-refractivity contribution in [3.8, 4) is 0 Å². The minimum absolute atomic E-state index is 0.0677. The molecule has 0 heterocycles. The molecule has 0 radical (unpaired) electrons. The number of benzene rings is 1. The van der Waals surface area contributed by atoms with Gasteiger partial charge in [0.15, 0.2) is 0 Å². The van der Waals surface area contributed by atoms with Crippen LogP contribution < -0.4 is 11.1 Å². The monoisotopic (exact) mass is 304 g/mol. The maximum atomic E-state index is 12.9. The number of allylic oxidation sites excluding steroid dienone is 2. The van der Waals surface area contributed by atoms with E-state index in [1.807, 2.05) is 0 Å². The number of hydrogen-bond donors (Lipinski definition) is 2. The summed E-state index contributed by atoms with van der Waals surface area (Å²) in [6.07, 6.45) is 6.99. The van der Waals surface area contributed by atoms with Crippen LogP contribution in [0.2, 0.25) is 0 Å². The molecule has 118 valence electrons. The first-order valence-electron chi connectivity index (χ1n) is 7.51. The fourth-order valence-electron chi connectivity index (χ4n) is 2.59. The van der Waals surface area contributed by atoms with Crippen LogP contribution in [-0.4, -0.2) is 18.4 Å². The summed E-state index contributed by atoms with van der Waals surface area (Å²) in [6.45, 7) is 0.210. The molecule has 0 aromatic heterocycles. The highest BCUT2D eigenvalue weighted by Gasteiger charge is 2.19. The molecule has 1 aromatic rings. The fraction of sp³-hybridized carbons (Fsp3) is 0.412. The number of rotatable bonds is 7. The second kappa shape index (κ2) is 7.73. The van der Waals surface area contributed by atoms with Gasteiger partial charge in [-0.3, -0.25) is 9.59 Å². The molecule has 0 fully saturated rings. The largest absolute Gasteiger partial charge is 0.369 e. The number of carbonyl (C=O) groups is 2. The van der Waals surface area contributed by atoms with Crippen LogP contribution in [0.25, 0.3) is 0 Å². The normalized spacial score (nSPS) is 18.1. The van der Waals surface area contributed by atoms with Crippen molar-refractivity contribution < 1.29 is 14.0 Å². The third kappa shape index (κ3) is 4.98. The topological polar surface area (TPSA) is 72.2 Å². The van der Waals surface area contributed by atoms with E-state index in [-0.39, 0.29) is 18.3 Å². The van der Waals surface area contributed by atoms with Crippen molar-refractivity contribution in [1.82, 2.24) is 5.32 Å². The van der Waals surface area contributed by atoms with Crippen LogP contribution in [0.5, 0.6) is 0 Å². The second-order valence-electron chi connectivity index (χ2n) is 5.70. The van der Waals surface area contributed by atoms with Crippen LogP contribution in [0.15, 0.2) is 36.4 Å². The summed E-state index contributed by atoms with van der Waals surface area (Å²) < 4.78 is 12.9. The summed E-state index contributed by atoms with van der Waals surface area (Å²) in [5.41, 5.74) is 6.21. The Hall–Kier alpha value is -2.17. The predicted molar refractivity (Wildman–Crippen MR) is 82.3 cm³/mol. The van der Waals surface area contributed by atoms with Gasteiger partial charge in [-0.1, -0.05) is 24.3 Å². The molecule has 3 N–H and O–H groups in total. The Kier molecular flexibility index (Phi) is 5.69. The molecule has 4 nitrogen and oxygen atoms in total. The summed E-state index contributed by atoms with van der Waals surface area (Å²) >= 11 is 0. The quantitative estimate of drug-likeness (QED) is 0.756. The number of hydrogen-bond acceptors (Lipinski definition) is 2. The van der Waals surface area contributed by atoms with Crippen molar-refractivity contribution in [3.63, 3.8) is 0 Å². The van der Waals surface area contributed by atoms with Gasteiger partial charge in [0.05, 0.1) is 5.92 Å². The standard InChI is InChI=1S/C17H21FN2O2/c18-15-7-5-13(6-8-15)9-14(17(19)22)11-20-16(21)10-12-3-1-2-4-12/h1,3,5-8,12,14H,2,4,9-11H2,(H2,19,22)(H,20,21)/t12-,14-/m1/s1. The first kappa shape index (κ1) is 16.2. The molecule has 2 atom stereocenters. The fourth-order valence-corrected chi connectivity index (χ4v) is 2.59. The van der Waals surface area contributed by atoms with Crippen LogP contribution >= 0.6 is 0 Å². The molecule has 0 unspecified atom stereocenters. The van der Waals surface area contributed by atoms with E-state index in [2.05, 4.69) is 17.5 Å². The van der Waals surface area contributed by atoms with Crippen LogP contribution in [0.4, 0.5) is 4.39 Å². The van der Waals surface area contributed by atoms with E-state index in [1.54, 1.807) is 12.1 Å². The summed E-state index contributed by atoms with van der Waals surface area (Å²) in [5.74, 6) is -1.05. The Balaban J connectivity index is 1.83. The van der Waals surface area contributed by atoms with Gasteiger partial charge in [-0.25, -0.2) is 4.39 Å². The van der Waals surface area contributed by atoms with Gasteiger partial charge in [-0.2, -0.15) is 0 Å². The van der Waals surface area contributed by atoms with Crippen LogP contribution in [0.3, 0.4) is 0 Å². The highest BCUT2D eigenvalue weighted by atomic mass is 19.1. The van der Waals surface area contributed by atoms with E-state index in [1.165, 1.54) is 12.1 Å². The second-order valence-corrected chi connectivity index (χ2v) is 5.70. The molecule has 0 saturated carbocycles. The minimum atomic E-state index is -0.492. The molecular formula is C17H21FN2O2. The Bertz CT molecular complexity index is 554. The Morgan fingerprint density at radius 3 is 2.64 bits per heavy atom. The number of nitrogens with two attached hydrogens (primary N) is 1. The Labute approximate surface area is 129 Å². The average molecular weight is 304 g/mol. The maximum absolute atomic E-state index is 12.9. The number of amides is 2. The number of nitrogens with one attached hydrogen (secondary N) is 1. The van der Waals surface area contributed by atoms with E-state index in [0.717, 1.165) is 18.4 Å². The number of primary amides is 1. The molecule has 1 aromatic carbocycles. The van der Waals surface area contributed by atoms with Crippen molar-refractivity contribution in [3.05, 3.63) is 47.8 Å². The van der Waals surface area contributed by atoms with Crippen molar-refractivity contribution in [2.75, 3.05) is 6.54 Å². The number of halogens is 1. The molecule has 1 aliphatic carbocycles. The average Bonchev–Trinajstić information content (AvgIpc) is 2.98. The van der Waals surface area contributed by atoms with Crippen LogP contribution in [-0.2, 0) is 16.0 Å². The van der Waals surface area contributed by atoms with Crippen molar-refractivity contribution >= 4 is 11.8 Å². The van der Waals surface area contributed by atoms with Gasteiger partial charge in [-0.15, -0.1) is 0 Å². The zero-order chi connectivity index (χ0) is 15.9. The molecule has 0 aliphatic heterocycles. The molecule has 0 bridgehead atoms. The van der Waals surface area contributed by atoms with Gasteiger partial charge in [0.1, 0.15) is 5.82 Å². The SMILES string of the molecule is NC(=O)[C@@H](CNC(=O)C[C@@H]1C=CCC1)Cc1ccc(F)cc1. The molecule has 1 aliphatic rings. The van der Waals surface area contributed by atoms with Crippen LogP contribution in [0, 0.1) is 17.7 Å². The lowest BCUT2D eigenvalue weighted by Gasteiger charge is -2.15. The van der Waals surface area contributed by atoms with Gasteiger partial charge in [0.2, 0.25) is 11.8 Å². The lowest BCUT2D eigenvalue weighted by Crippen LogP contribution is -2.37. The summed E-state index contributed by atoms with van der Waals surface area (Å²) in [7, 11) is 0. The maximum Gasteiger partial charge on any atom is 0.222 e. The smallest absolute Gasteiger partial charge is 0.222 e. The first-order valence-corrected chi connectivity index (χ1v) is 7.51. The van der Waals surface area contributed by atoms with E-state index in [9.17, 15) is 14.0 Å². The van der Waals surface area contributed by atoms with E-state index in [4.69, 9.17) is 5.73 Å². The first-order chi connectivity index (χ1) is 10.5. The molecular weight excluding hydrogens is 283 g/mol. The van der Waals surface area contributed by atoms with E-state index < -0.39 is 11.8 Å². The van der Waals surface area contributed by atoms with Gasteiger partial charge >= 0.3 is 0 Å². The minimum Gasteiger partial charge on any atom is -0.369 e. The third-order valence-electron chi connectivity index (χ3n) is 3.90. The number of carbonyl (C=O) groups excluding carboxylic acids is 2. The van der Waals surface area contributed by atoms with Gasteiger partial charge < -0.3 is 11.1 Å². The zero-order valence-corrected chi connectivity index (χ0v) is 12.4. The molecule has 22 heavy (non-hydrogen) atoms. The van der Waals surface area contributed by atoms with E-state index in [0.29, 0.717) is 18.8 Å². The van der Waals surface area contributed by atoms with Crippen molar-refractivity contribution in [2.45, 2.75) is 25.7 Å². The highest BCUT2D eigenvalue weighted by Crippen LogP contribution is 2.20. The predicted octanol–water partition coefficient (Wildman–Crippen LogP) is 1.94. The summed E-state index contributed by atoms with van der Waals surface area (Å²) in [6, 6.07) is 5.93. The van der Waals surface area contributed by atoms with Crippen LogP contribution in [0.1, 0.15) is 24.8 Å². The third-order valence-corrected chi connectivity index (χ3v) is 3.90. The van der Waals surface area contributed by atoms with Gasteiger partial charge in [0.25, 0.3) is 0 Å². The van der Waals surface area contributed by atoms with Gasteiger partial charge in [0, 0.05) is 13.0 Å². The molecule has 2 amide bonds. The Morgan fingerprint density at radius 1 is 1.32 bits per heavy atom. The lowest BCUT2D eigenvalue weighted by molar-refractivity contribution is -0.123. The summed E-state index contributed by atoms with van der Waals surface area (Å²) in [4.78, 5) is 23.4. The zero-order valence-electron chi connectivity index (χ0n) is 12.4. The lowest BCUT2D eigenvalue weighted by atomic mass is 9.98. The summed E-state index contributed by atoms with van der Waals surface area (Å²) in [5, 5.41) is 2.77.